The van der Waals surface area contributed by atoms with E-state index in [-0.39, 0.29) is 0 Å². The molecule has 0 aliphatic carbocycles. The molecule has 0 aliphatic rings. The molecule has 0 saturated heterocycles. The molecule has 0 aromatic heterocycles. The van der Waals surface area contributed by atoms with Gasteiger partial charge in [-0.05, 0) is 6.92 Å². The number of nitrogens with one attached hydrogen (secondary N) is 1. The van der Waals surface area contributed by atoms with Crippen LogP contribution in [0, 0.1) is 0 Å². The largest absolute Gasteiger partial charge is 0.479 e. The lowest BCUT2D eigenvalue weighted by Gasteiger charge is -2.08. The predicted octanol–water partition coefficient (Wildman–Crippen LogP) is -0.615. The summed E-state index contributed by atoms with van der Waals surface area (Å²) < 4.78 is 4.12. The van der Waals surface area contributed by atoms with Crippen LogP contribution in [0.4, 0.5) is 4.79 Å². The van der Waals surface area contributed by atoms with Crippen molar-refractivity contribution in [3.63, 3.8) is 0 Å². The average Bonchev–Trinajstić information content (AvgIpc) is 1.98. The Bertz CT molecular complexity index is 198. The fourth-order valence-corrected chi connectivity index (χ4v) is 0.514. The van der Waals surface area contributed by atoms with Crippen molar-refractivity contribution in [1.82, 2.24) is 5.32 Å². The third kappa shape index (κ3) is 3.00. The monoisotopic (exact) mass is 175 g/mol. The van der Waals surface area contributed by atoms with Gasteiger partial charge in [-0.1, -0.05) is 0 Å². The lowest BCUT2D eigenvalue weighted by atomic mass is 10.2. The normalized spacial score (nSPS) is 11.5. The number of rotatable bonds is 3. The summed E-state index contributed by atoms with van der Waals surface area (Å²) in [5.74, 6) is -2.07. The number of amides is 1. The average molecular weight is 175 g/mol. The van der Waals surface area contributed by atoms with Crippen LogP contribution >= 0.6 is 0 Å². The van der Waals surface area contributed by atoms with Crippen molar-refractivity contribution in [2.45, 2.75) is 13.0 Å². The molecular weight excluding hydrogens is 166 g/mol. The maximum absolute atomic E-state index is 10.6. The van der Waals surface area contributed by atoms with Crippen molar-refractivity contribution in [3.05, 3.63) is 0 Å². The van der Waals surface area contributed by atoms with Crippen LogP contribution in [0.5, 0.6) is 0 Å². The molecule has 0 aromatic rings. The summed E-state index contributed by atoms with van der Waals surface area (Å²) in [6.45, 7) is 1.06. The predicted molar refractivity (Wildman–Crippen MR) is 37.6 cm³/mol. The molecule has 0 spiro atoms. The number of ether oxygens (including phenoxy) is 1. The maximum Gasteiger partial charge on any atom is 0.407 e. The summed E-state index contributed by atoms with van der Waals surface area (Å²) in [7, 11) is 1.08. The Morgan fingerprint density at radius 1 is 1.42 bits per heavy atom. The van der Waals surface area contributed by atoms with Crippen molar-refractivity contribution in [3.8, 4) is 0 Å². The van der Waals surface area contributed by atoms with Crippen molar-refractivity contribution in [1.29, 1.82) is 0 Å². The van der Waals surface area contributed by atoms with Crippen LogP contribution in [0.3, 0.4) is 0 Å². The summed E-state index contributed by atoms with van der Waals surface area (Å²) in [5, 5.41) is 10.3. The molecular formula is C6H9NO5. The molecule has 68 valence electrons. The molecule has 0 heterocycles. The smallest absolute Gasteiger partial charge is 0.407 e. The highest BCUT2D eigenvalue weighted by Crippen LogP contribution is 1.87. The Morgan fingerprint density at radius 3 is 2.17 bits per heavy atom. The first-order chi connectivity index (χ1) is 5.49. The van der Waals surface area contributed by atoms with Gasteiger partial charge in [-0.15, -0.1) is 0 Å². The number of carboxylic acids is 1. The molecule has 0 radical (unpaired) electrons. The van der Waals surface area contributed by atoms with Crippen LogP contribution in [0.15, 0.2) is 0 Å². The topological polar surface area (TPSA) is 92.7 Å². The zero-order valence-electron chi connectivity index (χ0n) is 6.66. The molecule has 0 aliphatic heterocycles. The third-order valence-corrected chi connectivity index (χ3v) is 1.10. The second-order valence-corrected chi connectivity index (χ2v) is 2.02. The van der Waals surface area contributed by atoms with Gasteiger partial charge in [-0.2, -0.15) is 0 Å². The van der Waals surface area contributed by atoms with Gasteiger partial charge in [0.15, 0.2) is 11.8 Å². The number of carbonyl (C=O) groups is 3. The molecule has 0 bridgehead atoms. The fourth-order valence-electron chi connectivity index (χ4n) is 0.514. The number of Topliss-reactive ketones (excluding diaryl/α,β-unsaturated/α-hetero) is 1. The van der Waals surface area contributed by atoms with Gasteiger partial charge < -0.3 is 15.2 Å². The first-order valence-corrected chi connectivity index (χ1v) is 3.06. The second-order valence-electron chi connectivity index (χ2n) is 2.02. The standard InChI is InChI=1S/C6H9NO5/c1-3(8)4(5(9)10)7-6(11)12-2/h4H,1-2H3,(H,7,11)(H,9,10). The number of carboxylic acid groups (broad SMARTS) is 1. The van der Waals surface area contributed by atoms with Crippen LogP contribution < -0.4 is 5.32 Å². The molecule has 12 heavy (non-hydrogen) atoms. The Balaban J connectivity index is 4.24. The molecule has 0 aromatic carbocycles. The Labute approximate surface area is 68.5 Å². The number of aliphatic carboxylic acids is 1. The summed E-state index contributed by atoms with van der Waals surface area (Å²) >= 11 is 0. The minimum atomic E-state index is -1.53. The lowest BCUT2D eigenvalue weighted by Crippen LogP contribution is -2.45. The summed E-state index contributed by atoms with van der Waals surface area (Å²) in [6.07, 6.45) is -0.947. The molecule has 6 heteroatoms. The van der Waals surface area contributed by atoms with Gasteiger partial charge in [0.05, 0.1) is 7.11 Å². The Hall–Kier alpha value is -1.59. The van der Waals surface area contributed by atoms with Gasteiger partial charge in [-0.25, -0.2) is 9.59 Å². The van der Waals surface area contributed by atoms with Crippen LogP contribution in [0.2, 0.25) is 0 Å². The Kier molecular flexibility index (Phi) is 3.75. The number of carbonyl (C=O) groups excluding carboxylic acids is 2. The number of ketones is 1. The SMILES string of the molecule is COC(=O)NC(C(C)=O)C(=O)O. The van der Waals surface area contributed by atoms with E-state index in [9.17, 15) is 14.4 Å². The quantitative estimate of drug-likeness (QED) is 0.558. The Morgan fingerprint density at radius 2 is 1.92 bits per heavy atom. The van der Waals surface area contributed by atoms with Crippen LogP contribution in [-0.2, 0) is 14.3 Å². The fraction of sp³-hybridized carbons (Fsp3) is 0.500. The number of methoxy groups -OCH3 is 1. The first kappa shape index (κ1) is 10.4. The van der Waals surface area contributed by atoms with E-state index in [4.69, 9.17) is 5.11 Å². The van der Waals surface area contributed by atoms with Gasteiger partial charge in [-0.3, -0.25) is 4.79 Å². The summed E-state index contributed by atoms with van der Waals surface area (Å²) in [5.41, 5.74) is 0. The van der Waals surface area contributed by atoms with Gasteiger partial charge in [0.2, 0.25) is 0 Å². The molecule has 1 amide bonds. The highest BCUT2D eigenvalue weighted by Gasteiger charge is 2.24. The summed E-state index contributed by atoms with van der Waals surface area (Å²) in [4.78, 5) is 31.4. The highest BCUT2D eigenvalue weighted by atomic mass is 16.5. The van der Waals surface area contributed by atoms with Gasteiger partial charge in [0.1, 0.15) is 0 Å². The van der Waals surface area contributed by atoms with E-state index in [1.807, 2.05) is 5.32 Å². The molecule has 0 fully saturated rings. The minimum absolute atomic E-state index is 0.659. The number of hydrogen-bond donors (Lipinski definition) is 2. The molecule has 0 rings (SSSR count). The van der Waals surface area contributed by atoms with Crippen molar-refractivity contribution in [2.75, 3.05) is 7.11 Å². The molecule has 2 N–H and O–H groups in total. The van der Waals surface area contributed by atoms with Crippen molar-refractivity contribution in [2.24, 2.45) is 0 Å². The summed E-state index contributed by atoms with van der Waals surface area (Å²) in [6, 6.07) is -1.53. The van der Waals surface area contributed by atoms with E-state index >= 15 is 0 Å². The second kappa shape index (κ2) is 4.32. The van der Waals surface area contributed by atoms with E-state index < -0.39 is 23.9 Å². The van der Waals surface area contributed by atoms with Gasteiger partial charge >= 0.3 is 12.1 Å². The van der Waals surface area contributed by atoms with Gasteiger partial charge in [0.25, 0.3) is 0 Å². The van der Waals surface area contributed by atoms with E-state index in [1.54, 1.807) is 0 Å². The molecule has 1 atom stereocenters. The van der Waals surface area contributed by atoms with E-state index in [0.29, 0.717) is 0 Å². The zero-order chi connectivity index (χ0) is 9.72. The first-order valence-electron chi connectivity index (χ1n) is 3.06. The highest BCUT2D eigenvalue weighted by molar-refractivity contribution is 6.03. The van der Waals surface area contributed by atoms with E-state index in [1.165, 1.54) is 0 Å². The number of alkyl carbamates (subject to hydrolysis) is 1. The molecule has 6 nitrogen and oxygen atoms in total. The number of hydrogen-bond acceptors (Lipinski definition) is 4. The van der Waals surface area contributed by atoms with Crippen LogP contribution in [-0.4, -0.2) is 36.1 Å². The maximum atomic E-state index is 10.6. The molecule has 1 unspecified atom stereocenters. The minimum Gasteiger partial charge on any atom is -0.479 e. The molecule has 0 saturated carbocycles. The van der Waals surface area contributed by atoms with Crippen molar-refractivity contribution >= 4 is 17.8 Å². The van der Waals surface area contributed by atoms with E-state index in [0.717, 1.165) is 14.0 Å². The van der Waals surface area contributed by atoms with Crippen LogP contribution in [0.25, 0.3) is 0 Å². The van der Waals surface area contributed by atoms with Gasteiger partial charge in [0, 0.05) is 0 Å². The van der Waals surface area contributed by atoms with E-state index in [2.05, 4.69) is 4.74 Å². The zero-order valence-corrected chi connectivity index (χ0v) is 6.66. The van der Waals surface area contributed by atoms with Crippen LogP contribution in [0.1, 0.15) is 6.92 Å². The lowest BCUT2D eigenvalue weighted by molar-refractivity contribution is -0.142. The van der Waals surface area contributed by atoms with Crippen molar-refractivity contribution < 1.29 is 24.2 Å². The third-order valence-electron chi connectivity index (χ3n) is 1.10.